The van der Waals surface area contributed by atoms with Crippen LogP contribution in [0.15, 0.2) is 73.6 Å². The van der Waals surface area contributed by atoms with Crippen LogP contribution in [-0.2, 0) is 9.59 Å². The molecule has 4 atom stereocenters. The highest BCUT2D eigenvalue weighted by molar-refractivity contribution is 6.02. The Labute approximate surface area is 310 Å². The number of rotatable bonds is 6. The molecule has 0 bridgehead atoms. The Kier molecular flexibility index (Phi) is 9.11. The van der Waals surface area contributed by atoms with E-state index in [1.54, 1.807) is 49.3 Å². The summed E-state index contributed by atoms with van der Waals surface area (Å²) < 4.78 is 0. The minimum absolute atomic E-state index is 0.173. The Hall–Kier alpha value is -7.32. The van der Waals surface area contributed by atoms with Crippen molar-refractivity contribution in [3.8, 4) is 34.4 Å². The molecule has 0 aliphatic heterocycles. The van der Waals surface area contributed by atoms with E-state index in [-0.39, 0.29) is 35.5 Å². The summed E-state index contributed by atoms with van der Waals surface area (Å²) in [5, 5.41) is 26.6. The maximum Gasteiger partial charge on any atom is 0.230 e. The van der Waals surface area contributed by atoms with Gasteiger partial charge in [-0.2, -0.15) is 10.5 Å². The first-order chi connectivity index (χ1) is 25.9. The quantitative estimate of drug-likeness (QED) is 0.113. The SMILES string of the molecule is Cc1c(N)cncc1-c1cc(N)c2cnc(NC(=O)[C@@H]3C[C@H]3C#N)cc2c1.Cc1c(N)cncc1-c1cc(N)c2cnc(NC(=O)[C@H]3C[C@@H]3C#N)cc2c1. The number of carbonyl (C=O) groups excluding carboxylic acids is 2. The van der Waals surface area contributed by atoms with Gasteiger partial charge in [0.25, 0.3) is 0 Å². The maximum atomic E-state index is 12.2. The molecule has 2 aliphatic rings. The number of carbonyl (C=O) groups is 2. The Balaban J connectivity index is 0.000000167. The molecule has 2 aromatic carbocycles. The van der Waals surface area contributed by atoms with Gasteiger partial charge in [-0.05, 0) is 96.1 Å². The highest BCUT2D eigenvalue weighted by atomic mass is 16.2. The maximum absolute atomic E-state index is 12.2. The van der Waals surface area contributed by atoms with Gasteiger partial charge in [0.1, 0.15) is 11.6 Å². The van der Waals surface area contributed by atoms with Crippen LogP contribution in [0.3, 0.4) is 0 Å². The Morgan fingerprint density at radius 3 is 1.39 bits per heavy atom. The lowest BCUT2D eigenvalue weighted by Gasteiger charge is -2.12. The second-order valence-corrected chi connectivity index (χ2v) is 13.6. The zero-order chi connectivity index (χ0) is 38.3. The van der Waals surface area contributed by atoms with Crippen molar-refractivity contribution in [3.05, 3.63) is 84.7 Å². The summed E-state index contributed by atoms with van der Waals surface area (Å²) in [6.07, 6.45) is 11.2. The number of nitrogen functional groups attached to an aromatic ring is 4. The summed E-state index contributed by atoms with van der Waals surface area (Å²) in [6, 6.07) is 15.5. The largest absolute Gasteiger partial charge is 0.398 e. The molecule has 8 rings (SSSR count). The van der Waals surface area contributed by atoms with Crippen molar-refractivity contribution in [2.24, 2.45) is 23.7 Å². The van der Waals surface area contributed by atoms with Crippen molar-refractivity contribution in [1.29, 1.82) is 10.5 Å². The van der Waals surface area contributed by atoms with Crippen molar-refractivity contribution < 1.29 is 9.59 Å². The number of nitrogens with zero attached hydrogens (tertiary/aromatic N) is 6. The molecule has 10 N–H and O–H groups in total. The molecule has 0 saturated heterocycles. The minimum atomic E-state index is -0.245. The summed E-state index contributed by atoms with van der Waals surface area (Å²) in [4.78, 5) is 41.2. The lowest BCUT2D eigenvalue weighted by molar-refractivity contribution is -0.118. The molecule has 6 aromatic rings. The van der Waals surface area contributed by atoms with Crippen molar-refractivity contribution in [3.63, 3.8) is 0 Å². The zero-order valence-electron chi connectivity index (χ0n) is 29.5. The van der Waals surface area contributed by atoms with Gasteiger partial charge in [-0.25, -0.2) is 9.97 Å². The summed E-state index contributed by atoms with van der Waals surface area (Å²) in [6.45, 7) is 3.87. The van der Waals surface area contributed by atoms with Gasteiger partial charge in [0.15, 0.2) is 0 Å². The summed E-state index contributed by atoms with van der Waals surface area (Å²) >= 11 is 0. The second-order valence-electron chi connectivity index (χ2n) is 13.6. The average Bonchev–Trinajstić information content (AvgIpc) is 4.09. The fourth-order valence-electron chi connectivity index (χ4n) is 6.38. The van der Waals surface area contributed by atoms with E-state index in [9.17, 15) is 9.59 Å². The fourth-order valence-corrected chi connectivity index (χ4v) is 6.38. The van der Waals surface area contributed by atoms with E-state index in [0.29, 0.717) is 47.2 Å². The summed E-state index contributed by atoms with van der Waals surface area (Å²) in [5.41, 5.74) is 32.2. The third-order valence-corrected chi connectivity index (χ3v) is 9.96. The van der Waals surface area contributed by atoms with E-state index >= 15 is 0 Å². The number of nitrogens with one attached hydrogen (secondary N) is 2. The van der Waals surface area contributed by atoms with Gasteiger partial charge >= 0.3 is 0 Å². The van der Waals surface area contributed by atoms with Crippen LogP contribution >= 0.6 is 0 Å². The van der Waals surface area contributed by atoms with Crippen molar-refractivity contribution in [1.82, 2.24) is 19.9 Å². The van der Waals surface area contributed by atoms with Crippen molar-refractivity contribution >= 4 is 67.7 Å². The number of aromatic nitrogens is 4. The monoisotopic (exact) mass is 716 g/mol. The van der Waals surface area contributed by atoms with Gasteiger partial charge in [-0.1, -0.05) is 0 Å². The van der Waals surface area contributed by atoms with Gasteiger partial charge in [-0.15, -0.1) is 0 Å². The van der Waals surface area contributed by atoms with Crippen LogP contribution in [-0.4, -0.2) is 31.8 Å². The molecule has 0 radical (unpaired) electrons. The molecule has 0 unspecified atom stereocenters. The molecule has 2 fully saturated rings. The topological polar surface area (TPSA) is 261 Å². The Bertz CT molecular complexity index is 2410. The van der Waals surface area contributed by atoms with Crippen LogP contribution in [0, 0.1) is 60.2 Å². The molecule has 4 heterocycles. The van der Waals surface area contributed by atoms with Crippen LogP contribution in [0.1, 0.15) is 24.0 Å². The molecule has 0 spiro atoms. The molecule has 2 amide bonds. The summed E-state index contributed by atoms with van der Waals surface area (Å²) in [7, 11) is 0. The number of hydrogen-bond acceptors (Lipinski definition) is 12. The number of nitriles is 2. The number of amides is 2. The summed E-state index contributed by atoms with van der Waals surface area (Å²) in [5.74, 6) is -0.333. The minimum Gasteiger partial charge on any atom is -0.398 e. The lowest BCUT2D eigenvalue weighted by atomic mass is 9.98. The lowest BCUT2D eigenvalue weighted by Crippen LogP contribution is -2.15. The highest BCUT2D eigenvalue weighted by Crippen LogP contribution is 2.40. The van der Waals surface area contributed by atoms with Crippen LogP contribution in [0.25, 0.3) is 43.8 Å². The van der Waals surface area contributed by atoms with Gasteiger partial charge in [0, 0.05) is 58.1 Å². The van der Waals surface area contributed by atoms with E-state index in [4.69, 9.17) is 33.5 Å². The van der Waals surface area contributed by atoms with Gasteiger partial charge in [0.2, 0.25) is 11.8 Å². The van der Waals surface area contributed by atoms with E-state index < -0.39 is 0 Å². The number of fused-ring (bicyclic) bond motifs is 2. The number of anilines is 6. The van der Waals surface area contributed by atoms with Crippen LogP contribution in [0.2, 0.25) is 0 Å². The molecule has 4 aromatic heterocycles. The molecule has 54 heavy (non-hydrogen) atoms. The molecular formula is C40H36N12O2. The third kappa shape index (κ3) is 6.96. The molecule has 268 valence electrons. The number of benzene rings is 2. The number of nitrogens with two attached hydrogens (primary N) is 4. The first-order valence-electron chi connectivity index (χ1n) is 17.2. The standard InChI is InChI=1S/2C20H18N6O/c2*1-10-15(7-24-9-18(10)23)11-2-12-5-19(25-8-16(12)17(22)4-11)26-20(27)14-3-13(14)6-21/h2*2,4-5,7-9,13-14H,3,22-23H2,1H3,(H,25,26,27)/t2*13-,14+/m10/s1. The highest BCUT2D eigenvalue weighted by Gasteiger charge is 2.44. The van der Waals surface area contributed by atoms with Gasteiger partial charge in [0.05, 0.1) is 59.6 Å². The zero-order valence-corrected chi connectivity index (χ0v) is 29.5. The predicted molar refractivity (Wildman–Crippen MR) is 209 cm³/mol. The molecule has 2 aliphatic carbocycles. The second kappa shape index (κ2) is 14.0. The number of pyridine rings is 4. The first kappa shape index (κ1) is 35.1. The molecule has 14 heteroatoms. The van der Waals surface area contributed by atoms with E-state index in [1.807, 2.05) is 38.1 Å². The van der Waals surface area contributed by atoms with Gasteiger partial charge in [-0.3, -0.25) is 19.6 Å². The van der Waals surface area contributed by atoms with Crippen LogP contribution < -0.4 is 33.6 Å². The fraction of sp³-hybridized carbons (Fsp3) is 0.200. The van der Waals surface area contributed by atoms with Crippen LogP contribution in [0.5, 0.6) is 0 Å². The third-order valence-electron chi connectivity index (χ3n) is 9.96. The Morgan fingerprint density at radius 2 is 1.02 bits per heavy atom. The smallest absolute Gasteiger partial charge is 0.230 e. The van der Waals surface area contributed by atoms with E-state index in [1.165, 1.54) is 0 Å². The average molecular weight is 717 g/mol. The Morgan fingerprint density at radius 1 is 0.611 bits per heavy atom. The van der Waals surface area contributed by atoms with Crippen molar-refractivity contribution in [2.75, 3.05) is 33.6 Å². The predicted octanol–water partition coefficient (Wildman–Crippen LogP) is 5.74. The van der Waals surface area contributed by atoms with Crippen LogP contribution in [0.4, 0.5) is 34.4 Å². The first-order valence-corrected chi connectivity index (χ1v) is 17.2. The molecule has 2 saturated carbocycles. The van der Waals surface area contributed by atoms with Gasteiger partial charge < -0.3 is 33.6 Å². The van der Waals surface area contributed by atoms with E-state index in [2.05, 4.69) is 42.7 Å². The normalized spacial score (nSPS) is 18.1. The number of hydrogen-bond donors (Lipinski definition) is 6. The van der Waals surface area contributed by atoms with E-state index in [0.717, 1.165) is 54.9 Å². The van der Waals surface area contributed by atoms with Crippen molar-refractivity contribution in [2.45, 2.75) is 26.7 Å². The molecular weight excluding hydrogens is 681 g/mol. The molecule has 14 nitrogen and oxygen atoms in total.